The molecule has 1 fully saturated rings. The van der Waals surface area contributed by atoms with Crippen molar-refractivity contribution in [2.75, 3.05) is 6.54 Å². The summed E-state index contributed by atoms with van der Waals surface area (Å²) in [5, 5.41) is 14.5. The van der Waals surface area contributed by atoms with E-state index in [9.17, 15) is 14.9 Å². The quantitative estimate of drug-likeness (QED) is 0.785. The van der Waals surface area contributed by atoms with Gasteiger partial charge in [-0.05, 0) is 26.7 Å². The average Bonchev–Trinajstić information content (AvgIpc) is 2.36. The van der Waals surface area contributed by atoms with Crippen molar-refractivity contribution in [3.63, 3.8) is 0 Å². The largest absolute Gasteiger partial charge is 0.352 e. The Bertz CT molecular complexity index is 352. The van der Waals surface area contributed by atoms with Crippen LogP contribution in [0.15, 0.2) is 0 Å². The summed E-state index contributed by atoms with van der Waals surface area (Å²) in [5.41, 5.74) is -0.920. The van der Waals surface area contributed by atoms with Crippen LogP contribution in [0.5, 0.6) is 0 Å². The molecule has 0 bridgehead atoms. The molecule has 0 heterocycles. The van der Waals surface area contributed by atoms with E-state index in [-0.39, 0.29) is 24.4 Å². The van der Waals surface area contributed by atoms with E-state index in [0.717, 1.165) is 19.3 Å². The zero-order chi connectivity index (χ0) is 13.6. The van der Waals surface area contributed by atoms with Crippen LogP contribution in [0.25, 0.3) is 0 Å². The molecule has 0 aromatic rings. The van der Waals surface area contributed by atoms with E-state index in [0.29, 0.717) is 12.8 Å². The van der Waals surface area contributed by atoms with Crippen LogP contribution >= 0.6 is 0 Å². The summed E-state index contributed by atoms with van der Waals surface area (Å²) in [6.07, 6.45) is 4.07. The van der Waals surface area contributed by atoms with Gasteiger partial charge in [-0.25, -0.2) is 0 Å². The van der Waals surface area contributed by atoms with Gasteiger partial charge in [0.25, 0.3) is 0 Å². The average molecular weight is 251 g/mol. The summed E-state index contributed by atoms with van der Waals surface area (Å²) in [4.78, 5) is 23.5. The highest BCUT2D eigenvalue weighted by Gasteiger charge is 2.39. The van der Waals surface area contributed by atoms with E-state index in [4.69, 9.17) is 0 Å². The lowest BCUT2D eigenvalue weighted by molar-refractivity contribution is -0.132. The molecule has 0 saturated heterocycles. The highest BCUT2D eigenvalue weighted by Crippen LogP contribution is 2.35. The number of nitrogens with one attached hydrogen (secondary N) is 2. The maximum absolute atomic E-state index is 12.0. The smallest absolute Gasteiger partial charge is 0.240 e. The van der Waals surface area contributed by atoms with E-state index in [2.05, 4.69) is 16.7 Å². The molecule has 1 rings (SSSR count). The normalized spacial score (nSPS) is 17.9. The maximum atomic E-state index is 12.0. The molecule has 1 aliphatic rings. The van der Waals surface area contributed by atoms with E-state index in [1.165, 1.54) is 0 Å². The van der Waals surface area contributed by atoms with Gasteiger partial charge in [0, 0.05) is 6.04 Å². The first-order valence-electron chi connectivity index (χ1n) is 6.49. The van der Waals surface area contributed by atoms with Crippen LogP contribution in [0.3, 0.4) is 0 Å². The van der Waals surface area contributed by atoms with Gasteiger partial charge in [-0.2, -0.15) is 5.26 Å². The first-order valence-corrected chi connectivity index (χ1v) is 6.49. The van der Waals surface area contributed by atoms with Gasteiger partial charge in [0.2, 0.25) is 11.8 Å². The predicted molar refractivity (Wildman–Crippen MR) is 67.4 cm³/mol. The highest BCUT2D eigenvalue weighted by atomic mass is 16.2. The SMILES string of the molecule is CC(C)NC(=O)CNC(=O)C1(C#N)CCCCC1. The molecule has 0 unspecified atom stereocenters. The van der Waals surface area contributed by atoms with Crippen molar-refractivity contribution in [2.24, 2.45) is 5.41 Å². The third-order valence-electron chi connectivity index (χ3n) is 3.21. The molecule has 0 aromatic heterocycles. The van der Waals surface area contributed by atoms with Crippen LogP contribution in [0.2, 0.25) is 0 Å². The van der Waals surface area contributed by atoms with Gasteiger partial charge in [0.15, 0.2) is 0 Å². The summed E-state index contributed by atoms with van der Waals surface area (Å²) in [6.45, 7) is 3.66. The third kappa shape index (κ3) is 3.73. The third-order valence-corrected chi connectivity index (χ3v) is 3.21. The Balaban J connectivity index is 2.48. The number of nitriles is 1. The fraction of sp³-hybridized carbons (Fsp3) is 0.769. The summed E-state index contributed by atoms with van der Waals surface area (Å²) in [6, 6.07) is 2.19. The Kier molecular flexibility index (Phi) is 5.14. The monoisotopic (exact) mass is 251 g/mol. The molecule has 0 radical (unpaired) electrons. The summed E-state index contributed by atoms with van der Waals surface area (Å²) < 4.78 is 0. The minimum atomic E-state index is -0.920. The molecule has 0 aromatic carbocycles. The van der Waals surface area contributed by atoms with E-state index >= 15 is 0 Å². The van der Waals surface area contributed by atoms with Crippen molar-refractivity contribution in [1.29, 1.82) is 5.26 Å². The van der Waals surface area contributed by atoms with Gasteiger partial charge >= 0.3 is 0 Å². The zero-order valence-electron chi connectivity index (χ0n) is 11.1. The van der Waals surface area contributed by atoms with Gasteiger partial charge < -0.3 is 10.6 Å². The van der Waals surface area contributed by atoms with Crippen LogP contribution in [0.1, 0.15) is 46.0 Å². The zero-order valence-corrected chi connectivity index (χ0v) is 11.1. The summed E-state index contributed by atoms with van der Waals surface area (Å²) >= 11 is 0. The molecule has 18 heavy (non-hydrogen) atoms. The van der Waals surface area contributed by atoms with Gasteiger partial charge in [0.1, 0.15) is 5.41 Å². The lowest BCUT2D eigenvalue weighted by Gasteiger charge is -2.29. The molecule has 5 nitrogen and oxygen atoms in total. The number of nitrogens with zero attached hydrogens (tertiary/aromatic N) is 1. The molecule has 0 atom stereocenters. The fourth-order valence-corrected chi connectivity index (χ4v) is 2.25. The maximum Gasteiger partial charge on any atom is 0.240 e. The lowest BCUT2D eigenvalue weighted by atomic mass is 9.74. The number of rotatable bonds is 4. The van der Waals surface area contributed by atoms with E-state index in [1.807, 2.05) is 13.8 Å². The molecular weight excluding hydrogens is 230 g/mol. The Morgan fingerprint density at radius 1 is 1.28 bits per heavy atom. The Labute approximate surface area is 108 Å². The summed E-state index contributed by atoms with van der Waals surface area (Å²) in [7, 11) is 0. The highest BCUT2D eigenvalue weighted by molar-refractivity contribution is 5.89. The molecule has 0 spiro atoms. The minimum absolute atomic E-state index is 0.0500. The van der Waals surface area contributed by atoms with Crippen molar-refractivity contribution in [3.8, 4) is 6.07 Å². The number of hydrogen-bond donors (Lipinski definition) is 2. The van der Waals surface area contributed by atoms with Crippen LogP contribution < -0.4 is 10.6 Å². The Morgan fingerprint density at radius 2 is 1.89 bits per heavy atom. The van der Waals surface area contributed by atoms with E-state index in [1.54, 1.807) is 0 Å². The second-order valence-corrected chi connectivity index (χ2v) is 5.16. The van der Waals surface area contributed by atoms with E-state index < -0.39 is 5.41 Å². The molecule has 2 N–H and O–H groups in total. The molecule has 100 valence electrons. The van der Waals surface area contributed by atoms with Crippen LogP contribution in [-0.4, -0.2) is 24.4 Å². The van der Waals surface area contributed by atoms with Crippen molar-refractivity contribution in [2.45, 2.75) is 52.0 Å². The topological polar surface area (TPSA) is 82.0 Å². The molecule has 5 heteroatoms. The van der Waals surface area contributed by atoms with Crippen molar-refractivity contribution >= 4 is 11.8 Å². The Morgan fingerprint density at radius 3 is 2.39 bits per heavy atom. The van der Waals surface area contributed by atoms with Gasteiger partial charge in [-0.1, -0.05) is 19.3 Å². The summed E-state index contributed by atoms with van der Waals surface area (Å²) in [5.74, 6) is -0.522. The van der Waals surface area contributed by atoms with Gasteiger partial charge in [-0.15, -0.1) is 0 Å². The standard InChI is InChI=1S/C13H21N3O2/c1-10(2)16-11(17)8-15-12(18)13(9-14)6-4-3-5-7-13/h10H,3-8H2,1-2H3,(H,15,18)(H,16,17). The Hall–Kier alpha value is -1.57. The first-order chi connectivity index (χ1) is 8.50. The molecule has 0 aliphatic heterocycles. The van der Waals surface area contributed by atoms with Crippen molar-refractivity contribution < 1.29 is 9.59 Å². The molecule has 2 amide bonds. The van der Waals surface area contributed by atoms with Crippen LogP contribution in [-0.2, 0) is 9.59 Å². The lowest BCUT2D eigenvalue weighted by Crippen LogP contribution is -2.46. The first kappa shape index (κ1) is 14.5. The molecule has 1 aliphatic carbocycles. The number of hydrogen-bond acceptors (Lipinski definition) is 3. The van der Waals surface area contributed by atoms with Crippen LogP contribution in [0, 0.1) is 16.7 Å². The van der Waals surface area contributed by atoms with Gasteiger partial charge in [0.05, 0.1) is 12.6 Å². The van der Waals surface area contributed by atoms with Crippen LogP contribution in [0.4, 0.5) is 0 Å². The predicted octanol–water partition coefficient (Wildman–Crippen LogP) is 1.10. The number of amides is 2. The second-order valence-electron chi connectivity index (χ2n) is 5.16. The van der Waals surface area contributed by atoms with Crippen molar-refractivity contribution in [1.82, 2.24) is 10.6 Å². The molecular formula is C13H21N3O2. The second kappa shape index (κ2) is 6.39. The van der Waals surface area contributed by atoms with Crippen molar-refractivity contribution in [3.05, 3.63) is 0 Å². The fourth-order valence-electron chi connectivity index (χ4n) is 2.25. The van der Waals surface area contributed by atoms with Gasteiger partial charge in [-0.3, -0.25) is 9.59 Å². The molecule has 1 saturated carbocycles. The number of carbonyl (C=O) groups excluding carboxylic acids is 2. The number of carbonyl (C=O) groups is 2. The minimum Gasteiger partial charge on any atom is -0.352 e.